The van der Waals surface area contributed by atoms with Crippen LogP contribution in [0.25, 0.3) is 0 Å². The van der Waals surface area contributed by atoms with Gasteiger partial charge in [0.05, 0.1) is 12.3 Å². The molecule has 1 aromatic rings. The second-order valence-electron chi connectivity index (χ2n) is 5.01. The Bertz CT molecular complexity index is 394. The number of nitrogens with zero attached hydrogens (tertiary/aromatic N) is 2. The van der Waals surface area contributed by atoms with Gasteiger partial charge in [0, 0.05) is 32.2 Å². The average molecular weight is 267 g/mol. The number of para-hydroxylation sites is 1. The first-order chi connectivity index (χ1) is 9.20. The van der Waals surface area contributed by atoms with Gasteiger partial charge in [-0.3, -0.25) is 4.90 Å². The Morgan fingerprint density at radius 1 is 1.21 bits per heavy atom. The Morgan fingerprint density at radius 2 is 1.89 bits per heavy atom. The lowest BCUT2D eigenvalue weighted by atomic mass is 10.2. The Labute approximate surface area is 113 Å². The van der Waals surface area contributed by atoms with Gasteiger partial charge in [0.2, 0.25) is 0 Å². The van der Waals surface area contributed by atoms with Crippen LogP contribution in [-0.2, 0) is 0 Å². The summed E-state index contributed by atoms with van der Waals surface area (Å²) >= 11 is 0. The number of rotatable bonds is 5. The fourth-order valence-electron chi connectivity index (χ4n) is 2.36. The van der Waals surface area contributed by atoms with Gasteiger partial charge in [0.25, 0.3) is 0 Å². The van der Waals surface area contributed by atoms with Crippen molar-refractivity contribution in [3.05, 3.63) is 30.1 Å². The van der Waals surface area contributed by atoms with Crippen LogP contribution in [0.4, 0.5) is 10.1 Å². The summed E-state index contributed by atoms with van der Waals surface area (Å²) < 4.78 is 13.7. The highest BCUT2D eigenvalue weighted by Gasteiger charge is 2.19. The molecule has 0 saturated carbocycles. The molecule has 1 fully saturated rings. The van der Waals surface area contributed by atoms with Crippen molar-refractivity contribution in [3.8, 4) is 0 Å². The Hall–Kier alpha value is -1.17. The van der Waals surface area contributed by atoms with Crippen LogP contribution < -0.4 is 10.6 Å². The molecular formula is C14H22FN3O. The molecule has 1 aliphatic rings. The maximum atomic E-state index is 13.7. The van der Waals surface area contributed by atoms with Crippen LogP contribution in [0.15, 0.2) is 24.3 Å². The number of anilines is 1. The van der Waals surface area contributed by atoms with Crippen LogP contribution in [0.1, 0.15) is 6.42 Å². The number of aliphatic hydroxyl groups excluding tert-OH is 1. The summed E-state index contributed by atoms with van der Waals surface area (Å²) in [5.74, 6) is -0.154. The maximum absolute atomic E-state index is 13.7. The van der Waals surface area contributed by atoms with Gasteiger partial charge in [-0.15, -0.1) is 0 Å². The third-order valence-corrected chi connectivity index (χ3v) is 3.62. The van der Waals surface area contributed by atoms with Gasteiger partial charge in [0.15, 0.2) is 0 Å². The molecule has 0 amide bonds. The van der Waals surface area contributed by atoms with E-state index in [9.17, 15) is 4.39 Å². The maximum Gasteiger partial charge on any atom is 0.146 e. The summed E-state index contributed by atoms with van der Waals surface area (Å²) in [6.45, 7) is 4.41. The van der Waals surface area contributed by atoms with Crippen LogP contribution in [0.3, 0.4) is 0 Å². The van der Waals surface area contributed by atoms with Gasteiger partial charge >= 0.3 is 0 Å². The molecule has 1 aliphatic heterocycles. The Kier molecular flexibility index (Phi) is 5.13. The van der Waals surface area contributed by atoms with Crippen LogP contribution in [0.5, 0.6) is 0 Å². The zero-order chi connectivity index (χ0) is 13.7. The van der Waals surface area contributed by atoms with E-state index >= 15 is 0 Å². The molecule has 0 aromatic heterocycles. The van der Waals surface area contributed by atoms with Crippen LogP contribution >= 0.6 is 0 Å². The quantitative estimate of drug-likeness (QED) is 0.823. The zero-order valence-corrected chi connectivity index (χ0v) is 11.1. The summed E-state index contributed by atoms with van der Waals surface area (Å²) in [4.78, 5) is 4.39. The minimum atomic E-state index is -0.154. The molecule has 1 saturated heterocycles. The summed E-state index contributed by atoms with van der Waals surface area (Å²) in [5.41, 5.74) is 6.38. The van der Waals surface area contributed by atoms with Crippen molar-refractivity contribution in [1.29, 1.82) is 0 Å². The molecule has 106 valence electrons. The first-order valence-electron chi connectivity index (χ1n) is 6.79. The molecule has 0 spiro atoms. The van der Waals surface area contributed by atoms with Crippen molar-refractivity contribution in [2.24, 2.45) is 5.73 Å². The highest BCUT2D eigenvalue weighted by atomic mass is 19.1. The van der Waals surface area contributed by atoms with E-state index in [1.807, 2.05) is 12.1 Å². The Morgan fingerprint density at radius 3 is 2.53 bits per heavy atom. The SMILES string of the molecule is NC(CO)CCN1CCN(c2ccccc2F)CC1. The van der Waals surface area contributed by atoms with Crippen molar-refractivity contribution < 1.29 is 9.50 Å². The second kappa shape index (κ2) is 6.84. The molecule has 1 unspecified atom stereocenters. The van der Waals surface area contributed by atoms with E-state index in [0.717, 1.165) is 39.1 Å². The van der Waals surface area contributed by atoms with Gasteiger partial charge < -0.3 is 15.7 Å². The largest absolute Gasteiger partial charge is 0.395 e. The number of hydrogen-bond donors (Lipinski definition) is 2. The summed E-state index contributed by atoms with van der Waals surface area (Å²) in [6.07, 6.45) is 0.802. The van der Waals surface area contributed by atoms with Crippen LogP contribution in [0.2, 0.25) is 0 Å². The van der Waals surface area contributed by atoms with E-state index in [0.29, 0.717) is 5.69 Å². The molecule has 2 rings (SSSR count). The average Bonchev–Trinajstić information content (AvgIpc) is 2.46. The van der Waals surface area contributed by atoms with Crippen LogP contribution in [0, 0.1) is 5.82 Å². The standard InChI is InChI=1S/C14H22FN3O/c15-13-3-1-2-4-14(13)18-9-7-17(8-10-18)6-5-12(16)11-19/h1-4,12,19H,5-11,16H2. The number of halogens is 1. The number of piperazine rings is 1. The third kappa shape index (κ3) is 3.89. The molecule has 19 heavy (non-hydrogen) atoms. The highest BCUT2D eigenvalue weighted by Crippen LogP contribution is 2.20. The van der Waals surface area contributed by atoms with Crippen molar-refractivity contribution in [3.63, 3.8) is 0 Å². The molecule has 3 N–H and O–H groups in total. The minimum Gasteiger partial charge on any atom is -0.395 e. The number of aliphatic hydroxyl groups is 1. The van der Waals surface area contributed by atoms with Crippen molar-refractivity contribution >= 4 is 5.69 Å². The molecule has 0 radical (unpaired) electrons. The van der Waals surface area contributed by atoms with Crippen molar-refractivity contribution in [2.45, 2.75) is 12.5 Å². The molecule has 0 bridgehead atoms. The summed E-state index contributed by atoms with van der Waals surface area (Å²) in [5, 5.41) is 8.89. The van der Waals surface area contributed by atoms with Crippen molar-refractivity contribution in [1.82, 2.24) is 4.90 Å². The number of nitrogens with two attached hydrogens (primary N) is 1. The number of benzene rings is 1. The van der Waals surface area contributed by atoms with E-state index in [-0.39, 0.29) is 18.5 Å². The summed E-state index contributed by atoms with van der Waals surface area (Å²) in [6, 6.07) is 6.77. The topological polar surface area (TPSA) is 52.7 Å². The molecular weight excluding hydrogens is 245 g/mol. The normalized spacial score (nSPS) is 18.6. The predicted molar refractivity (Wildman–Crippen MR) is 74.7 cm³/mol. The zero-order valence-electron chi connectivity index (χ0n) is 11.1. The second-order valence-corrected chi connectivity index (χ2v) is 5.01. The monoisotopic (exact) mass is 267 g/mol. The first kappa shape index (κ1) is 14.2. The molecule has 0 aliphatic carbocycles. The van der Waals surface area contributed by atoms with E-state index in [2.05, 4.69) is 9.80 Å². The smallest absolute Gasteiger partial charge is 0.146 e. The molecule has 4 nitrogen and oxygen atoms in total. The lowest BCUT2D eigenvalue weighted by Crippen LogP contribution is -2.47. The summed E-state index contributed by atoms with van der Waals surface area (Å²) in [7, 11) is 0. The van der Waals surface area contributed by atoms with E-state index in [1.165, 1.54) is 6.07 Å². The van der Waals surface area contributed by atoms with Gasteiger partial charge in [-0.2, -0.15) is 0 Å². The van der Waals surface area contributed by atoms with Crippen molar-refractivity contribution in [2.75, 3.05) is 44.2 Å². The lowest BCUT2D eigenvalue weighted by Gasteiger charge is -2.36. The van der Waals surface area contributed by atoms with Crippen LogP contribution in [-0.4, -0.2) is 55.4 Å². The van der Waals surface area contributed by atoms with Gasteiger partial charge in [0.1, 0.15) is 5.82 Å². The predicted octanol–water partition coefficient (Wildman–Crippen LogP) is 0.657. The third-order valence-electron chi connectivity index (χ3n) is 3.62. The number of hydrogen-bond acceptors (Lipinski definition) is 4. The molecule has 1 heterocycles. The fraction of sp³-hybridized carbons (Fsp3) is 0.571. The van der Waals surface area contributed by atoms with E-state index < -0.39 is 0 Å². The van der Waals surface area contributed by atoms with E-state index in [1.54, 1.807) is 6.07 Å². The lowest BCUT2D eigenvalue weighted by molar-refractivity contribution is 0.217. The van der Waals surface area contributed by atoms with Gasteiger partial charge in [-0.1, -0.05) is 12.1 Å². The van der Waals surface area contributed by atoms with E-state index in [4.69, 9.17) is 10.8 Å². The molecule has 1 aromatic carbocycles. The first-order valence-corrected chi connectivity index (χ1v) is 6.79. The fourth-order valence-corrected chi connectivity index (χ4v) is 2.36. The highest BCUT2D eigenvalue weighted by molar-refractivity contribution is 5.47. The van der Waals surface area contributed by atoms with Gasteiger partial charge in [-0.25, -0.2) is 4.39 Å². The Balaban J connectivity index is 1.81. The molecule has 5 heteroatoms. The molecule has 1 atom stereocenters. The minimum absolute atomic E-state index is 0.0369. The van der Waals surface area contributed by atoms with Gasteiger partial charge in [-0.05, 0) is 25.1 Å².